The molecule has 3 nitrogen and oxygen atoms in total. The van der Waals surface area contributed by atoms with Crippen LogP contribution in [0.5, 0.6) is 0 Å². The molecule has 0 aliphatic heterocycles. The third-order valence-corrected chi connectivity index (χ3v) is 3.51. The average molecular weight is 211 g/mol. The second-order valence-electron chi connectivity index (χ2n) is 4.78. The molecule has 1 amide bonds. The molecule has 0 fully saturated rings. The second-order valence-corrected chi connectivity index (χ2v) is 4.78. The maximum absolute atomic E-state index is 12.1. The molecular weight excluding hydrogens is 190 g/mol. The average Bonchev–Trinajstić information content (AvgIpc) is 2.22. The molecule has 86 valence electrons. The zero-order valence-corrected chi connectivity index (χ0v) is 10.4. The van der Waals surface area contributed by atoms with Crippen molar-refractivity contribution in [2.75, 3.05) is 14.2 Å². The summed E-state index contributed by atoms with van der Waals surface area (Å²) in [6, 6.07) is 0. The molecule has 0 heterocycles. The first-order chi connectivity index (χ1) is 6.90. The fourth-order valence-corrected chi connectivity index (χ4v) is 2.15. The van der Waals surface area contributed by atoms with E-state index in [2.05, 4.69) is 13.8 Å². The Morgan fingerprint density at radius 3 is 2.47 bits per heavy atom. The van der Waals surface area contributed by atoms with E-state index in [1.54, 1.807) is 7.05 Å². The molecule has 0 aromatic heterocycles. The van der Waals surface area contributed by atoms with Crippen molar-refractivity contribution in [3.63, 3.8) is 0 Å². The Bertz CT molecular complexity index is 296. The van der Waals surface area contributed by atoms with Crippen molar-refractivity contribution in [1.29, 1.82) is 0 Å². The van der Waals surface area contributed by atoms with Crippen LogP contribution in [0.15, 0.2) is 11.1 Å². The molecule has 1 aliphatic carbocycles. The highest BCUT2D eigenvalue weighted by Gasteiger charge is 2.38. The molecule has 1 atom stereocenters. The fourth-order valence-electron chi connectivity index (χ4n) is 2.15. The van der Waals surface area contributed by atoms with Crippen LogP contribution in [0.1, 0.15) is 40.0 Å². The zero-order chi connectivity index (χ0) is 11.6. The van der Waals surface area contributed by atoms with Gasteiger partial charge in [0.2, 0.25) is 0 Å². The Balaban J connectivity index is 2.82. The van der Waals surface area contributed by atoms with Crippen LogP contribution in [0, 0.1) is 5.41 Å². The molecule has 1 aliphatic rings. The number of carbonyl (C=O) groups is 1. The van der Waals surface area contributed by atoms with Crippen LogP contribution < -0.4 is 0 Å². The first-order valence-corrected chi connectivity index (χ1v) is 5.38. The van der Waals surface area contributed by atoms with Crippen LogP contribution in [0.4, 0.5) is 0 Å². The Morgan fingerprint density at radius 2 is 2.00 bits per heavy atom. The van der Waals surface area contributed by atoms with Crippen LogP contribution >= 0.6 is 0 Å². The quantitative estimate of drug-likeness (QED) is 0.519. The Kier molecular flexibility index (Phi) is 3.55. The van der Waals surface area contributed by atoms with E-state index in [-0.39, 0.29) is 11.3 Å². The molecule has 0 saturated heterocycles. The molecule has 0 spiro atoms. The summed E-state index contributed by atoms with van der Waals surface area (Å²) in [5, 5.41) is 1.34. The summed E-state index contributed by atoms with van der Waals surface area (Å²) >= 11 is 0. The van der Waals surface area contributed by atoms with E-state index in [0.29, 0.717) is 0 Å². The Labute approximate surface area is 92.0 Å². The predicted octanol–water partition coefficient (Wildman–Crippen LogP) is 2.53. The summed E-state index contributed by atoms with van der Waals surface area (Å²) in [4.78, 5) is 17.0. The van der Waals surface area contributed by atoms with Crippen LogP contribution in [0.2, 0.25) is 0 Å². The van der Waals surface area contributed by atoms with Gasteiger partial charge < -0.3 is 0 Å². The number of hydrogen-bond donors (Lipinski definition) is 0. The number of nitrogens with zero attached hydrogens (tertiary/aromatic N) is 1. The number of rotatable bonds is 2. The molecule has 3 heteroatoms. The van der Waals surface area contributed by atoms with E-state index < -0.39 is 0 Å². The van der Waals surface area contributed by atoms with Gasteiger partial charge in [-0.15, -0.1) is 0 Å². The monoisotopic (exact) mass is 211 g/mol. The summed E-state index contributed by atoms with van der Waals surface area (Å²) in [5.74, 6) is 0.0804. The zero-order valence-electron chi connectivity index (χ0n) is 10.4. The lowest BCUT2D eigenvalue weighted by atomic mass is 9.73. The highest BCUT2D eigenvalue weighted by atomic mass is 16.7. The van der Waals surface area contributed by atoms with E-state index in [1.807, 2.05) is 6.92 Å². The van der Waals surface area contributed by atoms with Crippen molar-refractivity contribution < 1.29 is 9.63 Å². The standard InChI is InChI=1S/C12H21NO2/c1-9-6-7-12(3,8-10(9)2)11(14)13(4)15-5/h6-8H2,1-5H3. The van der Waals surface area contributed by atoms with Crippen molar-refractivity contribution in [1.82, 2.24) is 5.06 Å². The fraction of sp³-hybridized carbons (Fsp3) is 0.750. The summed E-state index contributed by atoms with van der Waals surface area (Å²) < 4.78 is 0. The van der Waals surface area contributed by atoms with Crippen molar-refractivity contribution in [2.24, 2.45) is 5.41 Å². The van der Waals surface area contributed by atoms with Crippen LogP contribution in [0.25, 0.3) is 0 Å². The maximum atomic E-state index is 12.1. The summed E-state index contributed by atoms with van der Waals surface area (Å²) in [5.41, 5.74) is 2.50. The van der Waals surface area contributed by atoms with Gasteiger partial charge in [-0.1, -0.05) is 18.1 Å². The topological polar surface area (TPSA) is 29.5 Å². The van der Waals surface area contributed by atoms with E-state index in [4.69, 9.17) is 4.84 Å². The van der Waals surface area contributed by atoms with Crippen molar-refractivity contribution in [3.05, 3.63) is 11.1 Å². The minimum atomic E-state index is -0.283. The number of allylic oxidation sites excluding steroid dienone is 2. The molecule has 1 rings (SSSR count). The van der Waals surface area contributed by atoms with Gasteiger partial charge in [-0.2, -0.15) is 0 Å². The minimum absolute atomic E-state index is 0.0804. The third-order valence-electron chi connectivity index (χ3n) is 3.51. The summed E-state index contributed by atoms with van der Waals surface area (Å²) in [6.07, 6.45) is 2.79. The van der Waals surface area contributed by atoms with Crippen molar-refractivity contribution in [2.45, 2.75) is 40.0 Å². The van der Waals surface area contributed by atoms with Crippen LogP contribution in [-0.2, 0) is 9.63 Å². The van der Waals surface area contributed by atoms with Gasteiger partial charge in [-0.25, -0.2) is 5.06 Å². The first-order valence-electron chi connectivity index (χ1n) is 5.38. The second kappa shape index (κ2) is 4.35. The van der Waals surface area contributed by atoms with Gasteiger partial charge in [0.25, 0.3) is 5.91 Å². The molecule has 15 heavy (non-hydrogen) atoms. The molecule has 0 saturated carbocycles. The predicted molar refractivity (Wildman–Crippen MR) is 60.1 cm³/mol. The van der Waals surface area contributed by atoms with Crippen molar-refractivity contribution in [3.8, 4) is 0 Å². The summed E-state index contributed by atoms with van der Waals surface area (Å²) in [7, 11) is 3.20. The van der Waals surface area contributed by atoms with Gasteiger partial charge in [-0.3, -0.25) is 9.63 Å². The normalized spacial score (nSPS) is 26.7. The SMILES string of the molecule is CON(C)C(=O)C1(C)CCC(C)=C(C)C1. The molecule has 0 N–H and O–H groups in total. The highest BCUT2D eigenvalue weighted by molar-refractivity contribution is 5.81. The minimum Gasteiger partial charge on any atom is -0.275 e. The molecule has 0 radical (unpaired) electrons. The van der Waals surface area contributed by atoms with E-state index in [0.717, 1.165) is 19.3 Å². The van der Waals surface area contributed by atoms with Crippen LogP contribution in [0.3, 0.4) is 0 Å². The number of hydrogen-bond acceptors (Lipinski definition) is 2. The smallest absolute Gasteiger partial charge is 0.252 e. The lowest BCUT2D eigenvalue weighted by Gasteiger charge is -2.35. The lowest BCUT2D eigenvalue weighted by molar-refractivity contribution is -0.180. The Morgan fingerprint density at radius 1 is 1.40 bits per heavy atom. The third kappa shape index (κ3) is 2.40. The molecule has 1 unspecified atom stereocenters. The highest BCUT2D eigenvalue weighted by Crippen LogP contribution is 2.40. The van der Waals surface area contributed by atoms with E-state index in [1.165, 1.54) is 23.3 Å². The largest absolute Gasteiger partial charge is 0.275 e. The number of carbonyl (C=O) groups excluding carboxylic acids is 1. The maximum Gasteiger partial charge on any atom is 0.252 e. The van der Waals surface area contributed by atoms with Gasteiger partial charge >= 0.3 is 0 Å². The van der Waals surface area contributed by atoms with Crippen LogP contribution in [-0.4, -0.2) is 25.1 Å². The van der Waals surface area contributed by atoms with Gasteiger partial charge in [-0.05, 0) is 33.1 Å². The summed E-state index contributed by atoms with van der Waals surface area (Å²) in [6.45, 7) is 6.30. The van der Waals surface area contributed by atoms with Gasteiger partial charge in [0.05, 0.1) is 12.5 Å². The molecular formula is C12H21NO2. The van der Waals surface area contributed by atoms with E-state index in [9.17, 15) is 4.79 Å². The van der Waals surface area contributed by atoms with Gasteiger partial charge in [0, 0.05) is 7.05 Å². The first kappa shape index (κ1) is 12.2. The van der Waals surface area contributed by atoms with Crippen molar-refractivity contribution >= 4 is 5.91 Å². The lowest BCUT2D eigenvalue weighted by Crippen LogP contribution is -2.41. The number of hydroxylamine groups is 2. The van der Waals surface area contributed by atoms with Gasteiger partial charge in [0.1, 0.15) is 0 Å². The number of amides is 1. The van der Waals surface area contributed by atoms with E-state index >= 15 is 0 Å². The Hall–Kier alpha value is -0.830. The molecule has 0 bridgehead atoms. The van der Waals surface area contributed by atoms with Gasteiger partial charge in [0.15, 0.2) is 0 Å². The molecule has 0 aromatic rings. The molecule has 0 aromatic carbocycles.